The van der Waals surface area contributed by atoms with E-state index in [1.807, 2.05) is 19.1 Å². The van der Waals surface area contributed by atoms with Gasteiger partial charge in [-0.25, -0.2) is 0 Å². The molecule has 1 atom stereocenters. The van der Waals surface area contributed by atoms with E-state index in [0.717, 1.165) is 38.2 Å². The van der Waals surface area contributed by atoms with Gasteiger partial charge in [-0.3, -0.25) is 4.79 Å². The molecule has 0 saturated carbocycles. The molecule has 0 spiro atoms. The number of carbonyl (C=O) groups is 1. The molecule has 1 amide bonds. The molecular formula is C16H24ClN3O. The molecule has 1 aliphatic heterocycles. The number of nitrogens with zero attached hydrogens (tertiary/aromatic N) is 1. The summed E-state index contributed by atoms with van der Waals surface area (Å²) in [5.41, 5.74) is 2.27. The Balaban J connectivity index is 2.27. The molecule has 0 aromatic heterocycles. The first kappa shape index (κ1) is 16.1. The molecule has 21 heavy (non-hydrogen) atoms. The minimum absolute atomic E-state index is 0.108. The number of carbonyl (C=O) groups excluding carboxylic acids is 1. The van der Waals surface area contributed by atoms with Crippen LogP contribution in [-0.4, -0.2) is 31.6 Å². The predicted molar refractivity (Wildman–Crippen MR) is 87.9 cm³/mol. The van der Waals surface area contributed by atoms with Gasteiger partial charge in [-0.15, -0.1) is 0 Å². The van der Waals surface area contributed by atoms with Gasteiger partial charge in [-0.1, -0.05) is 31.5 Å². The quantitative estimate of drug-likeness (QED) is 0.794. The SMILES string of the molecule is CCCNCc1ccc(Cl)cc1N1CCNC(=O)C1CC. The van der Waals surface area contributed by atoms with E-state index in [2.05, 4.69) is 28.5 Å². The predicted octanol–water partition coefficient (Wildman–Crippen LogP) is 2.55. The third kappa shape index (κ3) is 3.89. The highest BCUT2D eigenvalue weighted by atomic mass is 35.5. The van der Waals surface area contributed by atoms with Crippen LogP contribution in [0.1, 0.15) is 32.3 Å². The van der Waals surface area contributed by atoms with Gasteiger partial charge >= 0.3 is 0 Å². The van der Waals surface area contributed by atoms with Crippen LogP contribution in [0.4, 0.5) is 5.69 Å². The van der Waals surface area contributed by atoms with E-state index < -0.39 is 0 Å². The fourth-order valence-corrected chi connectivity index (χ4v) is 2.93. The van der Waals surface area contributed by atoms with Crippen molar-refractivity contribution in [3.8, 4) is 0 Å². The fourth-order valence-electron chi connectivity index (χ4n) is 2.76. The van der Waals surface area contributed by atoms with Gasteiger partial charge in [0.25, 0.3) is 0 Å². The molecule has 1 unspecified atom stereocenters. The molecule has 4 nitrogen and oxygen atoms in total. The van der Waals surface area contributed by atoms with Crippen LogP contribution < -0.4 is 15.5 Å². The number of amides is 1. The Morgan fingerprint density at radius 1 is 1.43 bits per heavy atom. The van der Waals surface area contributed by atoms with Crippen LogP contribution in [-0.2, 0) is 11.3 Å². The van der Waals surface area contributed by atoms with Crippen molar-refractivity contribution in [1.29, 1.82) is 0 Å². The van der Waals surface area contributed by atoms with Crippen molar-refractivity contribution in [3.05, 3.63) is 28.8 Å². The summed E-state index contributed by atoms with van der Waals surface area (Å²) in [5, 5.41) is 7.08. The van der Waals surface area contributed by atoms with E-state index in [9.17, 15) is 4.79 Å². The summed E-state index contributed by atoms with van der Waals surface area (Å²) in [4.78, 5) is 14.3. The number of nitrogens with one attached hydrogen (secondary N) is 2. The molecule has 116 valence electrons. The summed E-state index contributed by atoms with van der Waals surface area (Å²) in [6.07, 6.45) is 1.90. The second kappa shape index (κ2) is 7.66. The third-order valence-electron chi connectivity index (χ3n) is 3.82. The molecule has 1 fully saturated rings. The molecule has 0 aliphatic carbocycles. The van der Waals surface area contributed by atoms with Crippen molar-refractivity contribution < 1.29 is 4.79 Å². The van der Waals surface area contributed by atoms with E-state index in [0.29, 0.717) is 11.6 Å². The highest BCUT2D eigenvalue weighted by Crippen LogP contribution is 2.28. The molecule has 1 aromatic rings. The summed E-state index contributed by atoms with van der Waals surface area (Å²) in [5.74, 6) is 0.108. The smallest absolute Gasteiger partial charge is 0.242 e. The van der Waals surface area contributed by atoms with E-state index in [1.165, 1.54) is 5.56 Å². The summed E-state index contributed by atoms with van der Waals surface area (Å²) >= 11 is 6.18. The van der Waals surface area contributed by atoms with Gasteiger partial charge in [0, 0.05) is 30.3 Å². The molecule has 1 aliphatic rings. The number of piperazine rings is 1. The van der Waals surface area contributed by atoms with E-state index >= 15 is 0 Å². The van der Waals surface area contributed by atoms with Crippen LogP contribution >= 0.6 is 11.6 Å². The van der Waals surface area contributed by atoms with Crippen molar-refractivity contribution in [2.75, 3.05) is 24.5 Å². The largest absolute Gasteiger partial charge is 0.357 e. The maximum atomic E-state index is 12.1. The molecule has 2 N–H and O–H groups in total. The van der Waals surface area contributed by atoms with E-state index in [4.69, 9.17) is 11.6 Å². The second-order valence-corrected chi connectivity index (χ2v) is 5.79. The average molecular weight is 310 g/mol. The van der Waals surface area contributed by atoms with Crippen LogP contribution in [0, 0.1) is 0 Å². The normalized spacial score (nSPS) is 18.7. The van der Waals surface area contributed by atoms with Gasteiger partial charge in [-0.2, -0.15) is 0 Å². The van der Waals surface area contributed by atoms with Gasteiger partial charge < -0.3 is 15.5 Å². The number of hydrogen-bond acceptors (Lipinski definition) is 3. The summed E-state index contributed by atoms with van der Waals surface area (Å²) in [6.45, 7) is 7.49. The third-order valence-corrected chi connectivity index (χ3v) is 4.05. The van der Waals surface area contributed by atoms with Crippen molar-refractivity contribution in [2.24, 2.45) is 0 Å². The van der Waals surface area contributed by atoms with Gasteiger partial charge in [0.1, 0.15) is 6.04 Å². The van der Waals surface area contributed by atoms with Crippen molar-refractivity contribution in [2.45, 2.75) is 39.3 Å². The fraction of sp³-hybridized carbons (Fsp3) is 0.562. The zero-order chi connectivity index (χ0) is 15.2. The highest BCUT2D eigenvalue weighted by molar-refractivity contribution is 6.30. The zero-order valence-electron chi connectivity index (χ0n) is 12.8. The summed E-state index contributed by atoms with van der Waals surface area (Å²) < 4.78 is 0. The molecule has 0 radical (unpaired) electrons. The van der Waals surface area contributed by atoms with Gasteiger partial charge in [0.15, 0.2) is 0 Å². The van der Waals surface area contributed by atoms with Gasteiger partial charge in [0.2, 0.25) is 5.91 Å². The Morgan fingerprint density at radius 3 is 2.95 bits per heavy atom. The minimum Gasteiger partial charge on any atom is -0.357 e. The molecule has 1 heterocycles. The Kier molecular flexibility index (Phi) is 5.88. The average Bonchev–Trinajstić information content (AvgIpc) is 2.48. The van der Waals surface area contributed by atoms with Crippen molar-refractivity contribution in [1.82, 2.24) is 10.6 Å². The Morgan fingerprint density at radius 2 is 2.24 bits per heavy atom. The number of hydrogen-bond donors (Lipinski definition) is 2. The lowest BCUT2D eigenvalue weighted by molar-refractivity contribution is -0.123. The van der Waals surface area contributed by atoms with Crippen LogP contribution in [0.5, 0.6) is 0 Å². The van der Waals surface area contributed by atoms with Crippen molar-refractivity contribution >= 4 is 23.2 Å². The summed E-state index contributed by atoms with van der Waals surface area (Å²) in [6, 6.07) is 5.84. The molecule has 2 rings (SSSR count). The lowest BCUT2D eigenvalue weighted by atomic mass is 10.1. The Bertz CT molecular complexity index is 492. The van der Waals surface area contributed by atoms with Crippen LogP contribution in [0.25, 0.3) is 0 Å². The molecule has 5 heteroatoms. The lowest BCUT2D eigenvalue weighted by Crippen LogP contribution is -2.55. The standard InChI is InChI=1S/C16H24ClN3O/c1-3-7-18-11-12-5-6-13(17)10-15(12)20-9-8-19-16(21)14(20)4-2/h5-6,10,14,18H,3-4,7-9,11H2,1-2H3,(H,19,21). The lowest BCUT2D eigenvalue weighted by Gasteiger charge is -2.37. The minimum atomic E-state index is -0.109. The second-order valence-electron chi connectivity index (χ2n) is 5.36. The number of halogens is 1. The first-order valence-electron chi connectivity index (χ1n) is 7.70. The Labute approximate surface area is 131 Å². The van der Waals surface area contributed by atoms with E-state index in [1.54, 1.807) is 0 Å². The topological polar surface area (TPSA) is 44.4 Å². The number of benzene rings is 1. The maximum absolute atomic E-state index is 12.1. The van der Waals surface area contributed by atoms with Crippen LogP contribution in [0.15, 0.2) is 18.2 Å². The van der Waals surface area contributed by atoms with Gasteiger partial charge in [-0.05, 0) is 37.1 Å². The van der Waals surface area contributed by atoms with Crippen LogP contribution in [0.3, 0.4) is 0 Å². The first-order valence-corrected chi connectivity index (χ1v) is 8.08. The molecule has 0 bridgehead atoms. The van der Waals surface area contributed by atoms with E-state index in [-0.39, 0.29) is 11.9 Å². The molecule has 1 saturated heterocycles. The zero-order valence-corrected chi connectivity index (χ0v) is 13.5. The first-order chi connectivity index (χ1) is 10.2. The molecular weight excluding hydrogens is 286 g/mol. The highest BCUT2D eigenvalue weighted by Gasteiger charge is 2.29. The molecule has 1 aromatic carbocycles. The maximum Gasteiger partial charge on any atom is 0.242 e. The van der Waals surface area contributed by atoms with Crippen LogP contribution in [0.2, 0.25) is 5.02 Å². The Hall–Kier alpha value is -1.26. The number of anilines is 1. The van der Waals surface area contributed by atoms with Crippen molar-refractivity contribution in [3.63, 3.8) is 0 Å². The summed E-state index contributed by atoms with van der Waals surface area (Å²) in [7, 11) is 0. The van der Waals surface area contributed by atoms with Gasteiger partial charge in [0.05, 0.1) is 0 Å². The number of rotatable bonds is 6. The monoisotopic (exact) mass is 309 g/mol.